The SMILES string of the molecule is Cc1ccccc1NC(=O)c1cccc(-c2cc(N3CCCC3)ncn2)c1. The van der Waals surface area contributed by atoms with Gasteiger partial charge in [-0.05, 0) is 43.5 Å². The van der Waals surface area contributed by atoms with Crippen molar-refractivity contribution in [2.45, 2.75) is 19.8 Å². The van der Waals surface area contributed by atoms with Gasteiger partial charge in [-0.1, -0.05) is 30.3 Å². The molecule has 1 aliphatic rings. The summed E-state index contributed by atoms with van der Waals surface area (Å²) in [5, 5.41) is 2.98. The van der Waals surface area contributed by atoms with Crippen molar-refractivity contribution in [2.24, 2.45) is 0 Å². The highest BCUT2D eigenvalue weighted by molar-refractivity contribution is 6.05. The number of aryl methyl sites for hydroxylation is 1. The van der Waals surface area contributed by atoms with Gasteiger partial charge in [0.05, 0.1) is 5.69 Å². The number of carbonyl (C=O) groups excluding carboxylic acids is 1. The van der Waals surface area contributed by atoms with E-state index in [1.165, 1.54) is 12.8 Å². The molecule has 136 valence electrons. The Morgan fingerprint density at radius 2 is 1.81 bits per heavy atom. The Bertz CT molecular complexity index is 964. The predicted octanol–water partition coefficient (Wildman–Crippen LogP) is 4.30. The molecule has 5 heteroatoms. The van der Waals surface area contributed by atoms with E-state index < -0.39 is 0 Å². The molecule has 1 aromatic heterocycles. The summed E-state index contributed by atoms with van der Waals surface area (Å²) in [6, 6.07) is 17.3. The number of nitrogens with zero attached hydrogens (tertiary/aromatic N) is 3. The minimum Gasteiger partial charge on any atom is -0.357 e. The van der Waals surface area contributed by atoms with E-state index in [9.17, 15) is 4.79 Å². The highest BCUT2D eigenvalue weighted by Crippen LogP contribution is 2.24. The molecule has 0 unspecified atom stereocenters. The molecule has 0 aliphatic carbocycles. The van der Waals surface area contributed by atoms with Crippen LogP contribution < -0.4 is 10.2 Å². The van der Waals surface area contributed by atoms with E-state index in [1.807, 2.05) is 61.5 Å². The topological polar surface area (TPSA) is 58.1 Å². The molecule has 1 saturated heterocycles. The van der Waals surface area contributed by atoms with Gasteiger partial charge >= 0.3 is 0 Å². The molecule has 4 rings (SSSR count). The zero-order valence-electron chi connectivity index (χ0n) is 15.4. The largest absolute Gasteiger partial charge is 0.357 e. The second-order valence-corrected chi connectivity index (χ2v) is 6.81. The third kappa shape index (κ3) is 3.82. The molecule has 27 heavy (non-hydrogen) atoms. The maximum absolute atomic E-state index is 12.7. The molecule has 5 nitrogen and oxygen atoms in total. The van der Waals surface area contributed by atoms with E-state index in [4.69, 9.17) is 0 Å². The van der Waals surface area contributed by atoms with Gasteiger partial charge < -0.3 is 10.2 Å². The van der Waals surface area contributed by atoms with E-state index >= 15 is 0 Å². The summed E-state index contributed by atoms with van der Waals surface area (Å²) in [5.41, 5.74) is 4.21. The molecule has 1 fully saturated rings. The molecule has 1 aliphatic heterocycles. The van der Waals surface area contributed by atoms with Gasteiger partial charge in [0, 0.05) is 36.0 Å². The average Bonchev–Trinajstić information content (AvgIpc) is 3.25. The fourth-order valence-electron chi connectivity index (χ4n) is 3.35. The first-order valence-corrected chi connectivity index (χ1v) is 9.25. The summed E-state index contributed by atoms with van der Waals surface area (Å²) in [7, 11) is 0. The molecule has 0 bridgehead atoms. The molecular formula is C22H22N4O. The minimum absolute atomic E-state index is 0.125. The highest BCUT2D eigenvalue weighted by atomic mass is 16.1. The van der Waals surface area contributed by atoms with Crippen molar-refractivity contribution in [1.29, 1.82) is 0 Å². The van der Waals surface area contributed by atoms with Crippen LogP contribution in [0.1, 0.15) is 28.8 Å². The van der Waals surface area contributed by atoms with Crippen molar-refractivity contribution in [3.05, 3.63) is 72.1 Å². The van der Waals surface area contributed by atoms with Crippen molar-refractivity contribution >= 4 is 17.4 Å². The number of rotatable bonds is 4. The number of hydrogen-bond acceptors (Lipinski definition) is 4. The summed E-state index contributed by atoms with van der Waals surface area (Å²) in [4.78, 5) is 23.8. The average molecular weight is 358 g/mol. The second-order valence-electron chi connectivity index (χ2n) is 6.81. The first-order chi connectivity index (χ1) is 13.2. The predicted molar refractivity (Wildman–Crippen MR) is 108 cm³/mol. The molecular weight excluding hydrogens is 336 g/mol. The maximum Gasteiger partial charge on any atom is 0.255 e. The number of hydrogen-bond donors (Lipinski definition) is 1. The second kappa shape index (κ2) is 7.58. The van der Waals surface area contributed by atoms with Gasteiger partial charge in [0.25, 0.3) is 5.91 Å². The van der Waals surface area contributed by atoms with E-state index in [-0.39, 0.29) is 5.91 Å². The molecule has 0 spiro atoms. The lowest BCUT2D eigenvalue weighted by atomic mass is 10.1. The molecule has 1 N–H and O–H groups in total. The molecule has 0 radical (unpaired) electrons. The van der Waals surface area contributed by atoms with Crippen LogP contribution in [-0.4, -0.2) is 29.0 Å². The van der Waals surface area contributed by atoms with Crippen molar-refractivity contribution in [3.63, 3.8) is 0 Å². The number of carbonyl (C=O) groups is 1. The summed E-state index contributed by atoms with van der Waals surface area (Å²) in [6.07, 6.45) is 4.00. The summed E-state index contributed by atoms with van der Waals surface area (Å²) in [6.45, 7) is 4.05. The third-order valence-electron chi connectivity index (χ3n) is 4.90. The normalized spacial score (nSPS) is 13.6. The highest BCUT2D eigenvalue weighted by Gasteiger charge is 2.15. The van der Waals surface area contributed by atoms with Gasteiger partial charge in [-0.15, -0.1) is 0 Å². The first kappa shape index (κ1) is 17.2. The number of aromatic nitrogens is 2. The van der Waals surface area contributed by atoms with E-state index in [1.54, 1.807) is 6.33 Å². The van der Waals surface area contributed by atoms with Crippen molar-refractivity contribution in [2.75, 3.05) is 23.3 Å². The summed E-state index contributed by atoms with van der Waals surface area (Å²) in [5.74, 6) is 0.826. The first-order valence-electron chi connectivity index (χ1n) is 9.25. The molecule has 0 saturated carbocycles. The van der Waals surface area contributed by atoms with Gasteiger partial charge in [-0.3, -0.25) is 4.79 Å². The number of amides is 1. The Hall–Kier alpha value is -3.21. The van der Waals surface area contributed by atoms with Gasteiger partial charge in [0.15, 0.2) is 0 Å². The van der Waals surface area contributed by atoms with E-state index in [0.29, 0.717) is 5.56 Å². The molecule has 0 atom stereocenters. The standard InChI is InChI=1S/C22H22N4O/c1-16-7-2-3-10-19(16)25-22(27)18-9-6-8-17(13-18)20-14-21(24-15-23-20)26-11-4-5-12-26/h2-3,6-10,13-15H,4-5,11-12H2,1H3,(H,25,27). The fraction of sp³-hybridized carbons (Fsp3) is 0.227. The van der Waals surface area contributed by atoms with Gasteiger partial charge in [0.1, 0.15) is 12.1 Å². The monoisotopic (exact) mass is 358 g/mol. The van der Waals surface area contributed by atoms with Gasteiger partial charge in [-0.2, -0.15) is 0 Å². The number of anilines is 2. The summed E-state index contributed by atoms with van der Waals surface area (Å²) >= 11 is 0. The number of benzene rings is 2. The number of para-hydroxylation sites is 1. The summed E-state index contributed by atoms with van der Waals surface area (Å²) < 4.78 is 0. The Morgan fingerprint density at radius 1 is 1.00 bits per heavy atom. The van der Waals surface area contributed by atoms with Crippen LogP contribution in [0.4, 0.5) is 11.5 Å². The number of nitrogens with one attached hydrogen (secondary N) is 1. The molecule has 2 aromatic carbocycles. The van der Waals surface area contributed by atoms with Crippen LogP contribution in [0.5, 0.6) is 0 Å². The van der Waals surface area contributed by atoms with Crippen molar-refractivity contribution in [3.8, 4) is 11.3 Å². The minimum atomic E-state index is -0.125. The van der Waals surface area contributed by atoms with Gasteiger partial charge in [-0.25, -0.2) is 9.97 Å². The molecule has 1 amide bonds. The zero-order chi connectivity index (χ0) is 18.6. The third-order valence-corrected chi connectivity index (χ3v) is 4.90. The van der Waals surface area contributed by atoms with E-state index in [0.717, 1.165) is 41.4 Å². The lowest BCUT2D eigenvalue weighted by molar-refractivity contribution is 0.102. The quantitative estimate of drug-likeness (QED) is 0.755. The zero-order valence-corrected chi connectivity index (χ0v) is 15.4. The van der Waals surface area contributed by atoms with Crippen molar-refractivity contribution in [1.82, 2.24) is 9.97 Å². The fourth-order valence-corrected chi connectivity index (χ4v) is 3.35. The lowest BCUT2D eigenvalue weighted by Crippen LogP contribution is -2.19. The van der Waals surface area contributed by atoms with Crippen LogP contribution in [0.3, 0.4) is 0 Å². The van der Waals surface area contributed by atoms with Crippen LogP contribution in [-0.2, 0) is 0 Å². The molecule has 2 heterocycles. The molecule has 3 aromatic rings. The Balaban J connectivity index is 1.58. The Morgan fingerprint density at radius 3 is 2.63 bits per heavy atom. The van der Waals surface area contributed by atoms with Crippen LogP contribution in [0, 0.1) is 6.92 Å². The Labute approximate surface area is 159 Å². The van der Waals surface area contributed by atoms with Crippen LogP contribution in [0.25, 0.3) is 11.3 Å². The van der Waals surface area contributed by atoms with Crippen molar-refractivity contribution < 1.29 is 4.79 Å². The smallest absolute Gasteiger partial charge is 0.255 e. The lowest BCUT2D eigenvalue weighted by Gasteiger charge is -2.16. The Kier molecular flexibility index (Phi) is 4.83. The van der Waals surface area contributed by atoms with Gasteiger partial charge in [0.2, 0.25) is 0 Å². The van der Waals surface area contributed by atoms with E-state index in [2.05, 4.69) is 20.2 Å². The van der Waals surface area contributed by atoms with Crippen LogP contribution in [0.15, 0.2) is 60.9 Å². The maximum atomic E-state index is 12.7. The van der Waals surface area contributed by atoms with Crippen LogP contribution >= 0.6 is 0 Å². The van der Waals surface area contributed by atoms with Crippen LogP contribution in [0.2, 0.25) is 0 Å².